The van der Waals surface area contributed by atoms with Gasteiger partial charge in [-0.25, -0.2) is 0 Å². The molecule has 0 aliphatic carbocycles. The lowest BCUT2D eigenvalue weighted by atomic mass is 9.97. The second kappa shape index (κ2) is 9.53. The summed E-state index contributed by atoms with van der Waals surface area (Å²) in [7, 11) is 1.58. The van der Waals surface area contributed by atoms with E-state index in [-0.39, 0.29) is 0 Å². The number of carbonyl (C=O) groups excluding carboxylic acids is 2. The van der Waals surface area contributed by atoms with Crippen molar-refractivity contribution in [1.29, 1.82) is 0 Å². The van der Waals surface area contributed by atoms with Gasteiger partial charge in [0.1, 0.15) is 5.75 Å². The highest BCUT2D eigenvalue weighted by molar-refractivity contribution is 7.09. The molecule has 1 saturated heterocycles. The lowest BCUT2D eigenvalue weighted by Gasteiger charge is -2.31. The van der Waals surface area contributed by atoms with E-state index >= 15 is 0 Å². The van der Waals surface area contributed by atoms with Crippen molar-refractivity contribution in [2.75, 3.05) is 32.1 Å². The molecule has 0 atom stereocenters. The van der Waals surface area contributed by atoms with Crippen LogP contribution in [0.25, 0.3) is 0 Å². The number of amides is 2. The first kappa shape index (κ1) is 19.4. The van der Waals surface area contributed by atoms with Crippen molar-refractivity contribution in [3.05, 3.63) is 46.7 Å². The van der Waals surface area contributed by atoms with E-state index in [1.165, 1.54) is 4.88 Å². The quantitative estimate of drug-likeness (QED) is 0.748. The number of thiophene rings is 1. The highest BCUT2D eigenvalue weighted by Crippen LogP contribution is 2.20. The maximum Gasteiger partial charge on any atom is 0.313 e. The Labute approximate surface area is 163 Å². The molecule has 27 heavy (non-hydrogen) atoms. The Morgan fingerprint density at radius 2 is 1.89 bits per heavy atom. The maximum absolute atomic E-state index is 12.0. The van der Waals surface area contributed by atoms with Crippen LogP contribution < -0.4 is 15.4 Å². The number of likely N-dealkylation sites (tertiary alicyclic amines) is 1. The summed E-state index contributed by atoms with van der Waals surface area (Å²) < 4.78 is 5.07. The van der Waals surface area contributed by atoms with Gasteiger partial charge in [0.05, 0.1) is 7.11 Å². The third kappa shape index (κ3) is 5.80. The van der Waals surface area contributed by atoms with Crippen molar-refractivity contribution in [3.63, 3.8) is 0 Å². The Bertz CT molecular complexity index is 738. The molecule has 2 aromatic rings. The lowest BCUT2D eigenvalue weighted by molar-refractivity contribution is -0.136. The minimum Gasteiger partial charge on any atom is -0.497 e. The van der Waals surface area contributed by atoms with Gasteiger partial charge >= 0.3 is 11.8 Å². The van der Waals surface area contributed by atoms with E-state index in [0.717, 1.165) is 32.5 Å². The number of nitrogens with one attached hydrogen (secondary N) is 2. The molecule has 0 unspecified atom stereocenters. The van der Waals surface area contributed by atoms with Crippen LogP contribution in [0.3, 0.4) is 0 Å². The fourth-order valence-corrected chi connectivity index (χ4v) is 3.90. The Kier molecular flexibility index (Phi) is 6.84. The molecule has 0 saturated carbocycles. The number of methoxy groups -OCH3 is 1. The summed E-state index contributed by atoms with van der Waals surface area (Å²) in [6.45, 7) is 3.59. The van der Waals surface area contributed by atoms with Crippen LogP contribution in [0.2, 0.25) is 0 Å². The van der Waals surface area contributed by atoms with Crippen LogP contribution in [0, 0.1) is 5.92 Å². The summed E-state index contributed by atoms with van der Waals surface area (Å²) in [5.41, 5.74) is 0.567. The van der Waals surface area contributed by atoms with Gasteiger partial charge in [-0.2, -0.15) is 0 Å². The van der Waals surface area contributed by atoms with Gasteiger partial charge in [0.2, 0.25) is 0 Å². The second-order valence-corrected chi connectivity index (χ2v) is 7.72. The predicted molar refractivity (Wildman–Crippen MR) is 107 cm³/mol. The third-order valence-corrected chi connectivity index (χ3v) is 5.63. The number of piperidine rings is 1. The van der Waals surface area contributed by atoms with Crippen LogP contribution in [-0.2, 0) is 16.1 Å². The van der Waals surface area contributed by atoms with E-state index in [1.54, 1.807) is 42.7 Å². The van der Waals surface area contributed by atoms with E-state index < -0.39 is 11.8 Å². The first-order chi connectivity index (χ1) is 13.1. The molecule has 1 aromatic carbocycles. The monoisotopic (exact) mass is 387 g/mol. The molecule has 3 rings (SSSR count). The molecule has 2 amide bonds. The molecule has 7 heteroatoms. The fraction of sp³-hybridized carbons (Fsp3) is 0.400. The summed E-state index contributed by atoms with van der Waals surface area (Å²) in [5.74, 6) is -0.118. The Morgan fingerprint density at radius 1 is 1.15 bits per heavy atom. The van der Waals surface area contributed by atoms with Crippen LogP contribution in [0.5, 0.6) is 5.75 Å². The van der Waals surface area contributed by atoms with Gasteiger partial charge in [-0.3, -0.25) is 14.5 Å². The standard InChI is InChI=1S/C20H25N3O3S/c1-26-17-6-4-16(5-7-17)22-20(25)19(24)21-13-15-8-10-23(11-9-15)14-18-3-2-12-27-18/h2-7,12,15H,8-11,13-14H2,1H3,(H,21,24)(H,22,25). The second-order valence-electron chi connectivity index (χ2n) is 6.69. The number of hydrogen-bond acceptors (Lipinski definition) is 5. The SMILES string of the molecule is COc1ccc(NC(=O)C(=O)NCC2CCN(Cc3cccs3)CC2)cc1. The molecular weight excluding hydrogens is 362 g/mol. The molecule has 1 aromatic heterocycles. The number of ether oxygens (including phenoxy) is 1. The minimum atomic E-state index is -0.643. The molecule has 144 valence electrons. The fourth-order valence-electron chi connectivity index (χ4n) is 3.15. The van der Waals surface area contributed by atoms with Crippen molar-refractivity contribution in [3.8, 4) is 5.75 Å². The summed E-state index contributed by atoms with van der Waals surface area (Å²) >= 11 is 1.79. The minimum absolute atomic E-state index is 0.419. The third-order valence-electron chi connectivity index (χ3n) is 4.77. The van der Waals surface area contributed by atoms with E-state index in [9.17, 15) is 9.59 Å². The van der Waals surface area contributed by atoms with Gasteiger partial charge in [0.25, 0.3) is 0 Å². The Morgan fingerprint density at radius 3 is 2.52 bits per heavy atom. The van der Waals surface area contributed by atoms with Crippen LogP contribution >= 0.6 is 11.3 Å². The lowest BCUT2D eigenvalue weighted by Crippen LogP contribution is -2.41. The average Bonchev–Trinajstić information content (AvgIpc) is 3.21. The number of carbonyl (C=O) groups is 2. The van der Waals surface area contributed by atoms with Crippen LogP contribution in [-0.4, -0.2) is 43.5 Å². The van der Waals surface area contributed by atoms with Gasteiger partial charge in [-0.15, -0.1) is 11.3 Å². The normalized spacial score (nSPS) is 15.3. The van der Waals surface area contributed by atoms with Crippen LogP contribution in [0.15, 0.2) is 41.8 Å². The first-order valence-electron chi connectivity index (χ1n) is 9.12. The first-order valence-corrected chi connectivity index (χ1v) is 10.00. The van der Waals surface area contributed by atoms with E-state index in [0.29, 0.717) is 23.9 Å². The topological polar surface area (TPSA) is 70.7 Å². The predicted octanol–water partition coefficient (Wildman–Crippen LogP) is 2.72. The molecule has 1 aliphatic rings. The number of nitrogens with zero attached hydrogens (tertiary/aromatic N) is 1. The van der Waals surface area contributed by atoms with Crippen molar-refractivity contribution >= 4 is 28.8 Å². The van der Waals surface area contributed by atoms with Crippen LogP contribution in [0.1, 0.15) is 17.7 Å². The zero-order valence-electron chi connectivity index (χ0n) is 15.4. The Balaban J connectivity index is 1.36. The van der Waals surface area contributed by atoms with E-state index in [4.69, 9.17) is 4.74 Å². The van der Waals surface area contributed by atoms with E-state index in [1.807, 2.05) is 0 Å². The number of rotatable bonds is 6. The van der Waals surface area contributed by atoms with Crippen molar-refractivity contribution in [2.24, 2.45) is 5.92 Å². The van der Waals surface area contributed by atoms with Crippen molar-refractivity contribution in [2.45, 2.75) is 19.4 Å². The molecule has 0 radical (unpaired) electrons. The summed E-state index contributed by atoms with van der Waals surface area (Å²) in [4.78, 5) is 27.9. The summed E-state index contributed by atoms with van der Waals surface area (Å²) in [6.07, 6.45) is 2.07. The molecule has 1 aliphatic heterocycles. The number of anilines is 1. The molecule has 6 nitrogen and oxygen atoms in total. The highest BCUT2D eigenvalue weighted by atomic mass is 32.1. The molecule has 2 N–H and O–H groups in total. The van der Waals surface area contributed by atoms with Gasteiger partial charge in [0.15, 0.2) is 0 Å². The number of benzene rings is 1. The zero-order chi connectivity index (χ0) is 19.1. The van der Waals surface area contributed by atoms with E-state index in [2.05, 4.69) is 33.0 Å². The molecule has 0 bridgehead atoms. The zero-order valence-corrected chi connectivity index (χ0v) is 16.3. The van der Waals surface area contributed by atoms with Gasteiger partial charge in [-0.1, -0.05) is 6.07 Å². The van der Waals surface area contributed by atoms with Gasteiger partial charge in [0, 0.05) is 23.7 Å². The van der Waals surface area contributed by atoms with Crippen molar-refractivity contribution in [1.82, 2.24) is 10.2 Å². The molecular formula is C20H25N3O3S. The largest absolute Gasteiger partial charge is 0.497 e. The summed E-state index contributed by atoms with van der Waals surface area (Å²) in [6, 6.07) is 11.1. The van der Waals surface area contributed by atoms with Gasteiger partial charge < -0.3 is 15.4 Å². The molecule has 0 spiro atoms. The summed E-state index contributed by atoms with van der Waals surface area (Å²) in [5, 5.41) is 7.47. The maximum atomic E-state index is 12.0. The highest BCUT2D eigenvalue weighted by Gasteiger charge is 2.21. The van der Waals surface area contributed by atoms with Crippen molar-refractivity contribution < 1.29 is 14.3 Å². The smallest absolute Gasteiger partial charge is 0.313 e. The van der Waals surface area contributed by atoms with Gasteiger partial charge in [-0.05, 0) is 67.6 Å². The number of hydrogen-bond donors (Lipinski definition) is 2. The average molecular weight is 388 g/mol. The molecule has 2 heterocycles. The molecule has 1 fully saturated rings. The van der Waals surface area contributed by atoms with Crippen LogP contribution in [0.4, 0.5) is 5.69 Å². The Hall–Kier alpha value is -2.38.